The fourth-order valence-electron chi connectivity index (χ4n) is 6.25. The number of carbonyl (C=O) groups is 1. The van der Waals surface area contributed by atoms with Gasteiger partial charge < -0.3 is 19.3 Å². The first-order valence-corrected chi connectivity index (χ1v) is 10.5. The van der Waals surface area contributed by atoms with Crippen molar-refractivity contribution in [2.45, 2.75) is 83.9 Å². The van der Waals surface area contributed by atoms with Gasteiger partial charge in [-0.1, -0.05) is 19.9 Å². The molecule has 4 rings (SSSR count). The average Bonchev–Trinajstić information content (AvgIpc) is 2.95. The number of hydrogen-bond donors (Lipinski definition) is 1. The molecule has 1 saturated carbocycles. The van der Waals surface area contributed by atoms with Crippen molar-refractivity contribution in [1.82, 2.24) is 0 Å². The molecule has 0 aromatic carbocycles. The number of rotatable bonds is 1. The number of aliphatic hydroxyl groups excluding tert-OH is 1. The average molecular weight is 379 g/mol. The van der Waals surface area contributed by atoms with E-state index >= 15 is 0 Å². The molecule has 1 aliphatic carbocycles. The highest BCUT2D eigenvalue weighted by Gasteiger charge is 2.62. The number of esters is 1. The summed E-state index contributed by atoms with van der Waals surface area (Å²) in [7, 11) is 0. The first-order chi connectivity index (χ1) is 12.7. The Balaban J connectivity index is 1.82. The van der Waals surface area contributed by atoms with Crippen molar-refractivity contribution >= 4 is 5.97 Å². The van der Waals surface area contributed by atoms with Gasteiger partial charge in [0, 0.05) is 18.8 Å². The minimum absolute atomic E-state index is 0.0256. The summed E-state index contributed by atoms with van der Waals surface area (Å²) in [6, 6.07) is 0. The Kier molecular flexibility index (Phi) is 4.93. The minimum atomic E-state index is -0.475. The quantitative estimate of drug-likeness (QED) is 0.561. The van der Waals surface area contributed by atoms with Crippen LogP contribution in [0.1, 0.15) is 53.9 Å². The third kappa shape index (κ3) is 3.16. The fraction of sp³-hybridized carbons (Fsp3) is 0.864. The highest BCUT2D eigenvalue weighted by molar-refractivity contribution is 5.66. The molecule has 0 spiro atoms. The molecule has 10 atom stereocenters. The van der Waals surface area contributed by atoms with Crippen LogP contribution in [-0.2, 0) is 19.0 Å². The summed E-state index contributed by atoms with van der Waals surface area (Å²) in [5, 5.41) is 10.6. The topological polar surface area (TPSA) is 65.0 Å². The van der Waals surface area contributed by atoms with E-state index in [1.807, 2.05) is 6.92 Å². The molecule has 0 radical (unpaired) electrons. The lowest BCUT2D eigenvalue weighted by molar-refractivity contribution is -0.159. The third-order valence-corrected chi connectivity index (χ3v) is 7.73. The molecule has 0 aromatic rings. The van der Waals surface area contributed by atoms with Gasteiger partial charge in [-0.2, -0.15) is 0 Å². The van der Waals surface area contributed by atoms with Crippen LogP contribution in [0.3, 0.4) is 0 Å². The van der Waals surface area contributed by atoms with Crippen LogP contribution in [0.15, 0.2) is 11.6 Å². The van der Waals surface area contributed by atoms with Crippen LogP contribution < -0.4 is 0 Å². The summed E-state index contributed by atoms with van der Waals surface area (Å²) in [5.41, 5.74) is 0.536. The molecule has 3 heterocycles. The summed E-state index contributed by atoms with van der Waals surface area (Å²) < 4.78 is 19.0. The van der Waals surface area contributed by atoms with E-state index in [-0.39, 0.29) is 30.2 Å². The smallest absolute Gasteiger partial charge is 0.302 e. The summed E-state index contributed by atoms with van der Waals surface area (Å²) in [4.78, 5) is 11.9. The second kappa shape index (κ2) is 6.85. The Hall–Kier alpha value is -0.910. The zero-order valence-corrected chi connectivity index (χ0v) is 17.2. The Morgan fingerprint density at radius 3 is 2.74 bits per heavy atom. The first kappa shape index (κ1) is 19.4. The number of hydrogen-bond acceptors (Lipinski definition) is 5. The number of ether oxygens (including phenoxy) is 3. The van der Waals surface area contributed by atoms with Crippen molar-refractivity contribution in [2.75, 3.05) is 6.61 Å². The second-order valence-corrected chi connectivity index (χ2v) is 9.69. The van der Waals surface area contributed by atoms with Crippen molar-refractivity contribution in [3.8, 4) is 0 Å². The number of carbonyl (C=O) groups excluding carboxylic acids is 1. The minimum Gasteiger partial charge on any atom is -0.462 e. The lowest BCUT2D eigenvalue weighted by atomic mass is 9.59. The van der Waals surface area contributed by atoms with Gasteiger partial charge in [-0.25, -0.2) is 0 Å². The summed E-state index contributed by atoms with van der Waals surface area (Å²) in [6.07, 6.45) is 3.80. The molecule has 2 bridgehead atoms. The Morgan fingerprint density at radius 1 is 1.30 bits per heavy atom. The maximum atomic E-state index is 11.9. The molecule has 27 heavy (non-hydrogen) atoms. The Labute approximate surface area is 162 Å². The zero-order valence-electron chi connectivity index (χ0n) is 17.2. The molecular weight excluding hydrogens is 344 g/mol. The van der Waals surface area contributed by atoms with Gasteiger partial charge in [0.2, 0.25) is 0 Å². The predicted molar refractivity (Wildman–Crippen MR) is 101 cm³/mol. The van der Waals surface area contributed by atoms with Crippen molar-refractivity contribution in [3.63, 3.8) is 0 Å². The molecule has 0 amide bonds. The van der Waals surface area contributed by atoms with E-state index in [1.165, 1.54) is 6.92 Å². The Morgan fingerprint density at radius 2 is 2.04 bits per heavy atom. The number of fused-ring (bicyclic) bond motifs is 2. The van der Waals surface area contributed by atoms with E-state index in [0.717, 1.165) is 25.0 Å². The number of aliphatic hydroxyl groups is 1. The fourth-order valence-corrected chi connectivity index (χ4v) is 6.25. The lowest BCUT2D eigenvalue weighted by Gasteiger charge is -2.46. The van der Waals surface area contributed by atoms with Crippen LogP contribution in [0.4, 0.5) is 0 Å². The van der Waals surface area contributed by atoms with Gasteiger partial charge in [-0.3, -0.25) is 4.79 Å². The Bertz CT molecular complexity index is 630. The van der Waals surface area contributed by atoms with Gasteiger partial charge >= 0.3 is 5.97 Å². The molecule has 1 N–H and O–H groups in total. The van der Waals surface area contributed by atoms with Crippen LogP contribution in [0.25, 0.3) is 0 Å². The monoisotopic (exact) mass is 378 g/mol. The molecule has 152 valence electrons. The maximum absolute atomic E-state index is 11.9. The SMILES string of the molecule is CC(=O)O[C@H]1[C@H]2C3/C=C(/C)[C@H](O)CC[C@]4(C)OC[C@H](C)C(C[C@H]1C)[C@@H]2C4O3. The molecule has 4 aliphatic rings. The predicted octanol–water partition coefficient (Wildman–Crippen LogP) is 3.10. The summed E-state index contributed by atoms with van der Waals surface area (Å²) in [6.45, 7) is 10.8. The highest BCUT2D eigenvalue weighted by Crippen LogP contribution is 2.57. The van der Waals surface area contributed by atoms with Crippen LogP contribution in [0.2, 0.25) is 0 Å². The highest BCUT2D eigenvalue weighted by atomic mass is 16.6. The van der Waals surface area contributed by atoms with Crippen LogP contribution in [0.5, 0.6) is 0 Å². The standard InChI is InChI=1S/C22H34O5/c1-11-9-17-19-18-15(8-12(2)20(19)26-14(4)23)13(3)10-25-22(5,21(18)27-17)7-6-16(11)24/h9,12-13,15-21,24H,6-8,10H2,1-5H3/b11-9-/t12-,13+,15?,16-,17?,18+,19+,20-,21?,22+/m1/s1. The van der Waals surface area contributed by atoms with Crippen molar-refractivity contribution < 1.29 is 24.1 Å². The molecular formula is C22H34O5. The zero-order chi connectivity index (χ0) is 19.5. The molecule has 0 aromatic heterocycles. The third-order valence-electron chi connectivity index (χ3n) is 7.73. The molecule has 3 fully saturated rings. The van der Waals surface area contributed by atoms with Gasteiger partial charge in [0.15, 0.2) is 0 Å². The summed E-state index contributed by atoms with van der Waals surface area (Å²) >= 11 is 0. The van der Waals surface area contributed by atoms with Gasteiger partial charge in [0.1, 0.15) is 6.10 Å². The molecule has 5 nitrogen and oxygen atoms in total. The van der Waals surface area contributed by atoms with E-state index in [9.17, 15) is 9.90 Å². The van der Waals surface area contributed by atoms with Crippen LogP contribution in [0, 0.1) is 29.6 Å². The molecule has 3 unspecified atom stereocenters. The normalized spacial score (nSPS) is 54.0. The summed E-state index contributed by atoms with van der Waals surface area (Å²) in [5.74, 6) is 1.46. The van der Waals surface area contributed by atoms with E-state index in [4.69, 9.17) is 14.2 Å². The van der Waals surface area contributed by atoms with Gasteiger partial charge in [-0.15, -0.1) is 0 Å². The lowest BCUT2D eigenvalue weighted by Crippen LogP contribution is -2.52. The van der Waals surface area contributed by atoms with E-state index in [2.05, 4.69) is 26.8 Å². The van der Waals surface area contributed by atoms with Crippen LogP contribution >= 0.6 is 0 Å². The van der Waals surface area contributed by atoms with Crippen molar-refractivity contribution in [1.29, 1.82) is 0 Å². The molecule has 5 heteroatoms. The molecule has 3 aliphatic heterocycles. The van der Waals surface area contributed by atoms with E-state index in [1.54, 1.807) is 0 Å². The van der Waals surface area contributed by atoms with Crippen molar-refractivity contribution in [2.24, 2.45) is 29.6 Å². The first-order valence-electron chi connectivity index (χ1n) is 10.5. The largest absolute Gasteiger partial charge is 0.462 e. The maximum Gasteiger partial charge on any atom is 0.302 e. The van der Waals surface area contributed by atoms with E-state index in [0.29, 0.717) is 30.1 Å². The molecule has 2 saturated heterocycles. The van der Waals surface area contributed by atoms with Gasteiger partial charge in [-0.05, 0) is 56.4 Å². The van der Waals surface area contributed by atoms with Crippen LogP contribution in [-0.4, -0.2) is 47.7 Å². The van der Waals surface area contributed by atoms with Gasteiger partial charge in [0.25, 0.3) is 0 Å². The van der Waals surface area contributed by atoms with Crippen molar-refractivity contribution in [3.05, 3.63) is 11.6 Å². The van der Waals surface area contributed by atoms with Gasteiger partial charge in [0.05, 0.1) is 30.5 Å². The van der Waals surface area contributed by atoms with E-state index < -0.39 is 11.7 Å². The second-order valence-electron chi connectivity index (χ2n) is 9.69.